The minimum Gasteiger partial charge on any atom is -0.370 e. The van der Waals surface area contributed by atoms with Gasteiger partial charge >= 0.3 is 0 Å². The van der Waals surface area contributed by atoms with Crippen molar-refractivity contribution < 1.29 is 0 Å². The molecule has 2 aromatic rings. The van der Waals surface area contributed by atoms with Crippen LogP contribution in [0.1, 0.15) is 18.1 Å². The Kier molecular flexibility index (Phi) is 4.58. The van der Waals surface area contributed by atoms with E-state index in [1.54, 1.807) is 0 Å². The summed E-state index contributed by atoms with van der Waals surface area (Å²) in [6, 6.07) is 19.4. The molecule has 100 valence electrons. The second-order valence-electron chi connectivity index (χ2n) is 5.19. The van der Waals surface area contributed by atoms with Crippen molar-refractivity contribution in [2.75, 3.05) is 11.9 Å². The zero-order valence-electron chi connectivity index (χ0n) is 11.7. The lowest BCUT2D eigenvalue weighted by atomic mass is 10.1. The Bertz CT molecular complexity index is 488. The summed E-state index contributed by atoms with van der Waals surface area (Å²) in [6.45, 7) is 2.96. The van der Waals surface area contributed by atoms with Crippen LogP contribution in [0, 0.1) is 0 Å². The first-order chi connectivity index (χ1) is 9.15. The third kappa shape index (κ3) is 4.11. The van der Waals surface area contributed by atoms with Crippen LogP contribution >= 0.6 is 0 Å². The highest BCUT2D eigenvalue weighted by molar-refractivity contribution is 5.47. The summed E-state index contributed by atoms with van der Waals surface area (Å²) in [5.41, 5.74) is 9.67. The number of nitrogens with zero attached hydrogens (tertiary/aromatic N) is 1. The Morgan fingerprint density at radius 2 is 1.58 bits per heavy atom. The molecule has 0 bridgehead atoms. The molecule has 1 atom stereocenters. The molecule has 0 amide bonds. The molecule has 0 saturated heterocycles. The van der Waals surface area contributed by atoms with E-state index in [9.17, 15) is 0 Å². The Morgan fingerprint density at radius 1 is 0.947 bits per heavy atom. The Labute approximate surface area is 115 Å². The molecule has 2 rings (SSSR count). The summed E-state index contributed by atoms with van der Waals surface area (Å²) < 4.78 is 0. The van der Waals surface area contributed by atoms with Crippen molar-refractivity contribution >= 4 is 5.69 Å². The highest BCUT2D eigenvalue weighted by Gasteiger charge is 2.03. The van der Waals surface area contributed by atoms with E-state index in [2.05, 4.69) is 60.5 Å². The molecule has 19 heavy (non-hydrogen) atoms. The summed E-state index contributed by atoms with van der Waals surface area (Å²) in [7, 11) is 2.12. The third-order valence-electron chi connectivity index (χ3n) is 3.20. The molecule has 0 aromatic heterocycles. The van der Waals surface area contributed by atoms with E-state index in [0.29, 0.717) is 0 Å². The van der Waals surface area contributed by atoms with Crippen LogP contribution < -0.4 is 10.6 Å². The van der Waals surface area contributed by atoms with Crippen molar-refractivity contribution in [3.63, 3.8) is 0 Å². The smallest absolute Gasteiger partial charge is 0.0426 e. The monoisotopic (exact) mass is 254 g/mol. The molecule has 0 saturated carbocycles. The van der Waals surface area contributed by atoms with E-state index in [-0.39, 0.29) is 6.04 Å². The predicted molar refractivity (Wildman–Crippen MR) is 82.3 cm³/mol. The quantitative estimate of drug-likeness (QED) is 0.887. The SMILES string of the molecule is CC(N)Cc1ccc(N(C)Cc2ccccc2)cc1. The van der Waals surface area contributed by atoms with E-state index >= 15 is 0 Å². The largest absolute Gasteiger partial charge is 0.370 e. The lowest BCUT2D eigenvalue weighted by Crippen LogP contribution is -2.18. The van der Waals surface area contributed by atoms with Gasteiger partial charge in [-0.1, -0.05) is 42.5 Å². The maximum Gasteiger partial charge on any atom is 0.0426 e. The standard InChI is InChI=1S/C17H22N2/c1-14(18)12-15-8-10-17(11-9-15)19(2)13-16-6-4-3-5-7-16/h3-11,14H,12-13,18H2,1-2H3. The maximum absolute atomic E-state index is 5.81. The molecule has 0 radical (unpaired) electrons. The molecule has 0 aliphatic carbocycles. The van der Waals surface area contributed by atoms with Crippen molar-refractivity contribution in [1.82, 2.24) is 0 Å². The molecule has 2 aromatic carbocycles. The van der Waals surface area contributed by atoms with Gasteiger partial charge in [-0.2, -0.15) is 0 Å². The molecule has 1 unspecified atom stereocenters. The molecule has 0 heterocycles. The van der Waals surface area contributed by atoms with Gasteiger partial charge < -0.3 is 10.6 Å². The first kappa shape index (κ1) is 13.6. The van der Waals surface area contributed by atoms with Crippen molar-refractivity contribution in [2.45, 2.75) is 25.9 Å². The number of benzene rings is 2. The van der Waals surface area contributed by atoms with Crippen molar-refractivity contribution in [1.29, 1.82) is 0 Å². The fourth-order valence-electron chi connectivity index (χ4n) is 2.21. The Morgan fingerprint density at radius 3 is 2.16 bits per heavy atom. The molecule has 0 aliphatic heterocycles. The van der Waals surface area contributed by atoms with Gasteiger partial charge in [-0.15, -0.1) is 0 Å². The van der Waals surface area contributed by atoms with Gasteiger partial charge in [0.25, 0.3) is 0 Å². The topological polar surface area (TPSA) is 29.3 Å². The third-order valence-corrected chi connectivity index (χ3v) is 3.20. The molecule has 0 aliphatic rings. The first-order valence-corrected chi connectivity index (χ1v) is 6.75. The predicted octanol–water partition coefficient (Wildman–Crippen LogP) is 3.21. The van der Waals surface area contributed by atoms with Crippen molar-refractivity contribution in [2.24, 2.45) is 5.73 Å². The fourth-order valence-corrected chi connectivity index (χ4v) is 2.21. The van der Waals surface area contributed by atoms with E-state index in [4.69, 9.17) is 5.73 Å². The van der Waals surface area contributed by atoms with E-state index < -0.39 is 0 Å². The van der Waals surface area contributed by atoms with Crippen LogP contribution in [0.5, 0.6) is 0 Å². The molecule has 2 N–H and O–H groups in total. The lowest BCUT2D eigenvalue weighted by Gasteiger charge is -2.20. The van der Waals surface area contributed by atoms with Crippen LogP contribution in [0.3, 0.4) is 0 Å². The average molecular weight is 254 g/mol. The minimum atomic E-state index is 0.216. The normalized spacial score (nSPS) is 12.2. The summed E-state index contributed by atoms with van der Waals surface area (Å²) in [5.74, 6) is 0. The highest BCUT2D eigenvalue weighted by atomic mass is 15.1. The Balaban J connectivity index is 2.01. The lowest BCUT2D eigenvalue weighted by molar-refractivity contribution is 0.738. The van der Waals surface area contributed by atoms with Gasteiger partial charge in [-0.05, 0) is 36.6 Å². The average Bonchev–Trinajstić information content (AvgIpc) is 2.40. The number of nitrogens with two attached hydrogens (primary N) is 1. The molecule has 0 fully saturated rings. The van der Waals surface area contributed by atoms with Crippen LogP contribution in [0.2, 0.25) is 0 Å². The summed E-state index contributed by atoms with van der Waals surface area (Å²) >= 11 is 0. The van der Waals surface area contributed by atoms with Gasteiger partial charge in [0.2, 0.25) is 0 Å². The van der Waals surface area contributed by atoms with Gasteiger partial charge in [0.15, 0.2) is 0 Å². The van der Waals surface area contributed by atoms with Crippen molar-refractivity contribution in [3.8, 4) is 0 Å². The zero-order valence-corrected chi connectivity index (χ0v) is 11.7. The summed E-state index contributed by atoms with van der Waals surface area (Å²) in [4.78, 5) is 2.25. The van der Waals surface area contributed by atoms with Gasteiger partial charge in [-0.25, -0.2) is 0 Å². The number of rotatable bonds is 5. The fraction of sp³-hybridized carbons (Fsp3) is 0.294. The Hall–Kier alpha value is -1.80. The van der Waals surface area contributed by atoms with Gasteiger partial charge in [0, 0.05) is 25.3 Å². The second-order valence-corrected chi connectivity index (χ2v) is 5.19. The van der Waals surface area contributed by atoms with E-state index in [1.165, 1.54) is 16.8 Å². The van der Waals surface area contributed by atoms with Crippen LogP contribution in [0.4, 0.5) is 5.69 Å². The molecular formula is C17H22N2. The minimum absolute atomic E-state index is 0.216. The van der Waals surface area contributed by atoms with Gasteiger partial charge in [-0.3, -0.25) is 0 Å². The first-order valence-electron chi connectivity index (χ1n) is 6.75. The molecular weight excluding hydrogens is 232 g/mol. The second kappa shape index (κ2) is 6.39. The van der Waals surface area contributed by atoms with E-state index in [1.807, 2.05) is 13.0 Å². The molecule has 0 spiro atoms. The van der Waals surface area contributed by atoms with Gasteiger partial charge in [0.05, 0.1) is 0 Å². The van der Waals surface area contributed by atoms with Crippen LogP contribution in [-0.2, 0) is 13.0 Å². The highest BCUT2D eigenvalue weighted by Crippen LogP contribution is 2.17. The number of hydrogen-bond donors (Lipinski definition) is 1. The van der Waals surface area contributed by atoms with Crippen molar-refractivity contribution in [3.05, 3.63) is 65.7 Å². The summed E-state index contributed by atoms with van der Waals surface area (Å²) in [5, 5.41) is 0. The van der Waals surface area contributed by atoms with Crippen LogP contribution in [-0.4, -0.2) is 13.1 Å². The summed E-state index contributed by atoms with van der Waals surface area (Å²) in [6.07, 6.45) is 0.933. The molecule has 2 heteroatoms. The van der Waals surface area contributed by atoms with Gasteiger partial charge in [0.1, 0.15) is 0 Å². The molecule has 2 nitrogen and oxygen atoms in total. The van der Waals surface area contributed by atoms with E-state index in [0.717, 1.165) is 13.0 Å². The van der Waals surface area contributed by atoms with Crippen LogP contribution in [0.25, 0.3) is 0 Å². The zero-order chi connectivity index (χ0) is 13.7. The maximum atomic E-state index is 5.81. The number of anilines is 1. The van der Waals surface area contributed by atoms with Crippen LogP contribution in [0.15, 0.2) is 54.6 Å². The number of hydrogen-bond acceptors (Lipinski definition) is 2.